The van der Waals surface area contributed by atoms with Gasteiger partial charge in [-0.05, 0) is 63.1 Å². The smallest absolute Gasteiger partial charge is 0.255 e. The number of likely N-dealkylation sites (tertiary alicyclic amines) is 1. The molecule has 5 nitrogen and oxygen atoms in total. The Morgan fingerprint density at radius 2 is 2.04 bits per heavy atom. The first kappa shape index (κ1) is 21.6. The molecule has 3 rings (SSSR count). The lowest BCUT2D eigenvalue weighted by Gasteiger charge is -2.35. The Morgan fingerprint density at radius 1 is 1.25 bits per heavy atom. The predicted molar refractivity (Wildman–Crippen MR) is 114 cm³/mol. The lowest BCUT2D eigenvalue weighted by Crippen LogP contribution is -2.44. The average Bonchev–Trinajstić information content (AvgIpc) is 3.25. The van der Waals surface area contributed by atoms with Crippen LogP contribution in [0, 0.1) is 5.92 Å². The highest BCUT2D eigenvalue weighted by atomic mass is 32.2. The minimum absolute atomic E-state index is 0.155. The molecule has 1 amide bonds. The molecule has 28 heavy (non-hydrogen) atoms. The van der Waals surface area contributed by atoms with Crippen LogP contribution in [0.15, 0.2) is 29.2 Å². The van der Waals surface area contributed by atoms with Gasteiger partial charge in [0.05, 0.1) is 18.3 Å². The average molecular weight is 407 g/mol. The van der Waals surface area contributed by atoms with Crippen LogP contribution in [0.1, 0.15) is 36.0 Å². The Bertz CT molecular complexity index is 614. The van der Waals surface area contributed by atoms with Crippen molar-refractivity contribution in [1.82, 2.24) is 9.80 Å². The van der Waals surface area contributed by atoms with Gasteiger partial charge < -0.3 is 19.3 Å². The van der Waals surface area contributed by atoms with Gasteiger partial charge in [0, 0.05) is 38.2 Å². The molecule has 0 bridgehead atoms. The summed E-state index contributed by atoms with van der Waals surface area (Å²) in [6.45, 7) is 6.36. The van der Waals surface area contributed by atoms with Crippen molar-refractivity contribution in [2.24, 2.45) is 5.92 Å². The molecule has 0 N–H and O–H groups in total. The molecule has 0 unspecified atom stereocenters. The molecule has 0 radical (unpaired) electrons. The highest BCUT2D eigenvalue weighted by Crippen LogP contribution is 2.25. The van der Waals surface area contributed by atoms with E-state index in [0.29, 0.717) is 12.5 Å². The summed E-state index contributed by atoms with van der Waals surface area (Å²) in [6, 6.07) is 7.97. The van der Waals surface area contributed by atoms with Crippen LogP contribution in [0.25, 0.3) is 0 Å². The zero-order valence-electron chi connectivity index (χ0n) is 17.3. The van der Waals surface area contributed by atoms with Crippen LogP contribution >= 0.6 is 11.8 Å². The third kappa shape index (κ3) is 5.96. The lowest BCUT2D eigenvalue weighted by molar-refractivity contribution is 0.0434. The van der Waals surface area contributed by atoms with Crippen molar-refractivity contribution in [2.75, 3.05) is 59.3 Å². The van der Waals surface area contributed by atoms with Crippen LogP contribution in [0.2, 0.25) is 0 Å². The third-order valence-electron chi connectivity index (χ3n) is 5.87. The number of hydrogen-bond acceptors (Lipinski definition) is 5. The maximum atomic E-state index is 13.4. The quantitative estimate of drug-likeness (QED) is 0.588. The van der Waals surface area contributed by atoms with Gasteiger partial charge in [-0.1, -0.05) is 12.1 Å². The number of ether oxygens (including phenoxy) is 2. The molecule has 2 saturated heterocycles. The van der Waals surface area contributed by atoms with Crippen LogP contribution in [-0.2, 0) is 9.47 Å². The molecule has 1 atom stereocenters. The van der Waals surface area contributed by atoms with E-state index in [-0.39, 0.29) is 12.0 Å². The third-order valence-corrected chi connectivity index (χ3v) is 6.67. The van der Waals surface area contributed by atoms with E-state index in [1.54, 1.807) is 18.9 Å². The number of nitrogens with zero attached hydrogens (tertiary/aromatic N) is 2. The van der Waals surface area contributed by atoms with Gasteiger partial charge in [0.15, 0.2) is 0 Å². The molecule has 6 heteroatoms. The summed E-state index contributed by atoms with van der Waals surface area (Å²) in [4.78, 5) is 19.0. The number of amides is 1. The Labute approximate surface area is 173 Å². The van der Waals surface area contributed by atoms with Crippen molar-refractivity contribution in [3.63, 3.8) is 0 Å². The number of piperidine rings is 1. The molecule has 0 saturated carbocycles. The summed E-state index contributed by atoms with van der Waals surface area (Å²) in [7, 11) is 1.76. The van der Waals surface area contributed by atoms with Crippen molar-refractivity contribution in [1.29, 1.82) is 0 Å². The summed E-state index contributed by atoms with van der Waals surface area (Å²) in [5, 5.41) is 0. The maximum absolute atomic E-state index is 13.4. The number of hydrogen-bond donors (Lipinski definition) is 0. The van der Waals surface area contributed by atoms with E-state index in [2.05, 4.69) is 9.80 Å². The van der Waals surface area contributed by atoms with Crippen LogP contribution in [0.5, 0.6) is 0 Å². The van der Waals surface area contributed by atoms with Gasteiger partial charge in [-0.25, -0.2) is 0 Å². The summed E-state index contributed by atoms with van der Waals surface area (Å²) in [5.41, 5.74) is 0.825. The standard InChI is InChI=1S/C22H34N2O3S/c1-26-15-13-23-11-9-18(10-12-23)16-24(17-19-6-5-14-27-19)22(25)20-7-3-4-8-21(20)28-2/h3-4,7-8,18-19H,5-6,9-17H2,1-2H3/t19-/m0/s1. The Balaban J connectivity index is 1.64. The first-order valence-electron chi connectivity index (χ1n) is 10.5. The van der Waals surface area contributed by atoms with Gasteiger partial charge in [-0.2, -0.15) is 0 Å². The van der Waals surface area contributed by atoms with Crippen molar-refractivity contribution in [2.45, 2.75) is 36.7 Å². The van der Waals surface area contributed by atoms with Crippen molar-refractivity contribution < 1.29 is 14.3 Å². The summed E-state index contributed by atoms with van der Waals surface area (Å²) in [5.74, 6) is 0.716. The van der Waals surface area contributed by atoms with Crippen molar-refractivity contribution in [3.05, 3.63) is 29.8 Å². The fraction of sp³-hybridized carbons (Fsp3) is 0.682. The number of carbonyl (C=O) groups excluding carboxylic acids is 1. The Morgan fingerprint density at radius 3 is 2.71 bits per heavy atom. The molecule has 2 aliphatic heterocycles. The number of methoxy groups -OCH3 is 1. The largest absolute Gasteiger partial charge is 0.383 e. The van der Waals surface area contributed by atoms with E-state index >= 15 is 0 Å². The number of carbonyl (C=O) groups is 1. The predicted octanol–water partition coefficient (Wildman–Crippen LogP) is 3.39. The molecular formula is C22H34N2O3S. The van der Waals surface area contributed by atoms with E-state index in [9.17, 15) is 4.79 Å². The van der Waals surface area contributed by atoms with E-state index in [1.807, 2.05) is 30.5 Å². The van der Waals surface area contributed by atoms with Crippen molar-refractivity contribution in [3.8, 4) is 0 Å². The normalized spacial score (nSPS) is 21.1. The van der Waals surface area contributed by atoms with Gasteiger partial charge >= 0.3 is 0 Å². The molecule has 2 aliphatic rings. The molecular weight excluding hydrogens is 372 g/mol. The summed E-state index contributed by atoms with van der Waals surface area (Å²) < 4.78 is 11.1. The molecule has 2 heterocycles. The zero-order chi connectivity index (χ0) is 19.8. The second-order valence-electron chi connectivity index (χ2n) is 7.82. The molecule has 0 aromatic heterocycles. The topological polar surface area (TPSA) is 42.0 Å². The van der Waals surface area contributed by atoms with Crippen LogP contribution < -0.4 is 0 Å². The highest BCUT2D eigenvalue weighted by Gasteiger charge is 2.28. The Kier molecular flexibility index (Phi) is 8.65. The molecule has 0 spiro atoms. The highest BCUT2D eigenvalue weighted by molar-refractivity contribution is 7.98. The molecule has 2 fully saturated rings. The number of thioether (sulfide) groups is 1. The second-order valence-corrected chi connectivity index (χ2v) is 8.67. The second kappa shape index (κ2) is 11.2. The number of rotatable bonds is 9. The zero-order valence-corrected chi connectivity index (χ0v) is 18.1. The molecule has 156 valence electrons. The van der Waals surface area contributed by atoms with Crippen molar-refractivity contribution >= 4 is 17.7 Å². The van der Waals surface area contributed by atoms with Crippen LogP contribution in [0.3, 0.4) is 0 Å². The van der Waals surface area contributed by atoms with E-state index in [1.165, 1.54) is 0 Å². The van der Waals surface area contributed by atoms with E-state index in [0.717, 1.165) is 75.5 Å². The van der Waals surface area contributed by atoms with Gasteiger partial charge in [-0.3, -0.25) is 4.79 Å². The summed E-state index contributed by atoms with van der Waals surface area (Å²) in [6.07, 6.45) is 6.67. The van der Waals surface area contributed by atoms with Gasteiger partial charge in [0.25, 0.3) is 5.91 Å². The minimum Gasteiger partial charge on any atom is -0.383 e. The fourth-order valence-electron chi connectivity index (χ4n) is 4.19. The minimum atomic E-state index is 0.155. The van der Waals surface area contributed by atoms with E-state index in [4.69, 9.17) is 9.47 Å². The van der Waals surface area contributed by atoms with Crippen LogP contribution in [-0.4, -0.2) is 81.1 Å². The van der Waals surface area contributed by atoms with Gasteiger partial charge in [0.1, 0.15) is 0 Å². The molecule has 1 aromatic carbocycles. The number of benzene rings is 1. The van der Waals surface area contributed by atoms with E-state index < -0.39 is 0 Å². The summed E-state index contributed by atoms with van der Waals surface area (Å²) >= 11 is 1.64. The van der Waals surface area contributed by atoms with Gasteiger partial charge in [0.2, 0.25) is 0 Å². The monoisotopic (exact) mass is 406 g/mol. The fourth-order valence-corrected chi connectivity index (χ4v) is 4.78. The SMILES string of the molecule is COCCN1CCC(CN(C[C@@H]2CCCO2)C(=O)c2ccccc2SC)CC1. The molecule has 0 aliphatic carbocycles. The first-order chi connectivity index (χ1) is 13.7. The first-order valence-corrected chi connectivity index (χ1v) is 11.7. The molecule has 1 aromatic rings. The maximum Gasteiger partial charge on any atom is 0.255 e. The lowest BCUT2D eigenvalue weighted by atomic mass is 9.95. The Hall–Kier alpha value is -1.08. The van der Waals surface area contributed by atoms with Gasteiger partial charge in [-0.15, -0.1) is 11.8 Å². The van der Waals surface area contributed by atoms with Crippen LogP contribution in [0.4, 0.5) is 0 Å².